The van der Waals surface area contributed by atoms with E-state index in [0.717, 1.165) is 25.7 Å². The summed E-state index contributed by atoms with van der Waals surface area (Å²) in [5.74, 6) is -0.206. The molecule has 1 aliphatic rings. The Hall–Kier alpha value is -0.130. The molecule has 1 heterocycles. The first-order chi connectivity index (χ1) is 7.76. The predicted molar refractivity (Wildman–Crippen MR) is 68.5 cm³/mol. The maximum Gasteiger partial charge on any atom is 0.228 e. The quantitative estimate of drug-likeness (QED) is 0.741. The topological polar surface area (TPSA) is 54.5 Å². The highest BCUT2D eigenvalue weighted by molar-refractivity contribution is 7.89. The van der Waals surface area contributed by atoms with E-state index in [0.29, 0.717) is 13.1 Å². The first-order valence-corrected chi connectivity index (χ1v) is 7.92. The van der Waals surface area contributed by atoms with Crippen LogP contribution in [0.3, 0.4) is 0 Å². The normalized spacial score (nSPS) is 19.9. The molecule has 100 valence electrons. The van der Waals surface area contributed by atoms with E-state index in [-0.39, 0.29) is 5.75 Å². The van der Waals surface area contributed by atoms with Gasteiger partial charge in [-0.2, -0.15) is 0 Å². The number of hydrogen-bond donors (Lipinski definition) is 0. The highest BCUT2D eigenvalue weighted by Crippen LogP contribution is 2.24. The number of carbonyl (C=O) groups is 1. The van der Waals surface area contributed by atoms with Gasteiger partial charge in [0.15, 0.2) is 0 Å². The maximum atomic E-state index is 12.2. The van der Waals surface area contributed by atoms with Gasteiger partial charge in [-0.25, -0.2) is 12.7 Å². The van der Waals surface area contributed by atoms with Gasteiger partial charge in [0.1, 0.15) is 0 Å². The van der Waals surface area contributed by atoms with Crippen molar-refractivity contribution in [3.05, 3.63) is 0 Å². The van der Waals surface area contributed by atoms with Gasteiger partial charge < -0.3 is 0 Å². The fraction of sp³-hybridized carbons (Fsp3) is 0.909. The van der Waals surface area contributed by atoms with Gasteiger partial charge in [0.2, 0.25) is 15.3 Å². The summed E-state index contributed by atoms with van der Waals surface area (Å²) in [6.45, 7) is 4.26. The van der Waals surface area contributed by atoms with Crippen LogP contribution in [0.15, 0.2) is 0 Å². The average molecular weight is 282 g/mol. The Balaban J connectivity index is 2.76. The monoisotopic (exact) mass is 281 g/mol. The Kier molecular flexibility index (Phi) is 4.98. The summed E-state index contributed by atoms with van der Waals surface area (Å²) in [6, 6.07) is 0. The fourth-order valence-corrected chi connectivity index (χ4v) is 4.11. The maximum absolute atomic E-state index is 12.2. The lowest BCUT2D eigenvalue weighted by atomic mass is 9.99. The Morgan fingerprint density at radius 3 is 2.06 bits per heavy atom. The lowest BCUT2D eigenvalue weighted by Crippen LogP contribution is -2.40. The SMILES string of the molecule is CC(C)(CS(=O)(=O)N1CCCCCC1)C(=O)Cl. The number of sulfonamides is 1. The second-order valence-electron chi connectivity index (χ2n) is 5.23. The first-order valence-electron chi connectivity index (χ1n) is 5.93. The minimum absolute atomic E-state index is 0.206. The lowest BCUT2D eigenvalue weighted by Gasteiger charge is -2.25. The molecule has 17 heavy (non-hydrogen) atoms. The molecule has 1 rings (SSSR count). The van der Waals surface area contributed by atoms with E-state index < -0.39 is 20.7 Å². The zero-order valence-electron chi connectivity index (χ0n) is 10.4. The molecule has 0 aliphatic carbocycles. The van der Waals surface area contributed by atoms with Gasteiger partial charge in [-0.15, -0.1) is 0 Å². The molecule has 0 radical (unpaired) electrons. The summed E-state index contributed by atoms with van der Waals surface area (Å²) in [4.78, 5) is 11.2. The minimum Gasteiger partial charge on any atom is -0.281 e. The van der Waals surface area contributed by atoms with Crippen molar-refractivity contribution in [1.29, 1.82) is 0 Å². The first kappa shape index (κ1) is 14.9. The molecule has 6 heteroatoms. The van der Waals surface area contributed by atoms with E-state index in [1.54, 1.807) is 13.8 Å². The smallest absolute Gasteiger partial charge is 0.228 e. The number of halogens is 1. The number of nitrogens with zero attached hydrogens (tertiary/aromatic N) is 1. The van der Waals surface area contributed by atoms with Gasteiger partial charge in [-0.3, -0.25) is 4.79 Å². The van der Waals surface area contributed by atoms with Gasteiger partial charge in [-0.1, -0.05) is 26.7 Å². The molecule has 4 nitrogen and oxygen atoms in total. The molecule has 0 bridgehead atoms. The molecule has 0 spiro atoms. The van der Waals surface area contributed by atoms with Crippen molar-refractivity contribution >= 4 is 26.9 Å². The largest absolute Gasteiger partial charge is 0.281 e. The molecule has 0 unspecified atom stereocenters. The molecule has 1 fully saturated rings. The van der Waals surface area contributed by atoms with Crippen molar-refractivity contribution in [3.8, 4) is 0 Å². The van der Waals surface area contributed by atoms with Crippen LogP contribution >= 0.6 is 11.6 Å². The summed E-state index contributed by atoms with van der Waals surface area (Å²) in [7, 11) is -3.38. The van der Waals surface area contributed by atoms with Crippen LogP contribution in [0.1, 0.15) is 39.5 Å². The summed E-state index contributed by atoms with van der Waals surface area (Å²) < 4.78 is 25.8. The molecule has 0 aromatic rings. The third-order valence-electron chi connectivity index (χ3n) is 3.03. The molecule has 0 aromatic heterocycles. The molecular formula is C11H20ClNO3S. The van der Waals surface area contributed by atoms with Crippen LogP contribution in [0, 0.1) is 5.41 Å². The molecule has 0 amide bonds. The van der Waals surface area contributed by atoms with Crippen LogP contribution in [-0.2, 0) is 14.8 Å². The van der Waals surface area contributed by atoms with E-state index in [9.17, 15) is 13.2 Å². The molecule has 0 saturated carbocycles. The molecular weight excluding hydrogens is 262 g/mol. The zero-order chi connectivity index (χ0) is 13.1. The fourth-order valence-electron chi connectivity index (χ4n) is 1.92. The molecule has 1 aliphatic heterocycles. The zero-order valence-corrected chi connectivity index (χ0v) is 12.0. The van der Waals surface area contributed by atoms with E-state index in [1.165, 1.54) is 4.31 Å². The van der Waals surface area contributed by atoms with Gasteiger partial charge in [0, 0.05) is 13.1 Å². The number of carbonyl (C=O) groups excluding carboxylic acids is 1. The highest BCUT2D eigenvalue weighted by atomic mass is 35.5. The second kappa shape index (κ2) is 5.67. The van der Waals surface area contributed by atoms with Crippen LogP contribution in [0.4, 0.5) is 0 Å². The third kappa shape index (κ3) is 4.23. The average Bonchev–Trinajstić information content (AvgIpc) is 2.43. The molecule has 0 N–H and O–H groups in total. The van der Waals surface area contributed by atoms with Crippen LogP contribution < -0.4 is 0 Å². The Labute approximate surface area is 108 Å². The number of rotatable bonds is 4. The van der Waals surface area contributed by atoms with Crippen LogP contribution in [0.2, 0.25) is 0 Å². The Morgan fingerprint density at radius 1 is 1.18 bits per heavy atom. The summed E-state index contributed by atoms with van der Waals surface area (Å²) in [6.07, 6.45) is 3.94. The predicted octanol–water partition coefficient (Wildman–Crippen LogP) is 1.98. The molecule has 0 aromatic carbocycles. The van der Waals surface area contributed by atoms with E-state index in [2.05, 4.69) is 0 Å². The van der Waals surface area contributed by atoms with Gasteiger partial charge in [-0.05, 0) is 24.4 Å². The van der Waals surface area contributed by atoms with E-state index >= 15 is 0 Å². The van der Waals surface area contributed by atoms with Crippen molar-refractivity contribution in [1.82, 2.24) is 4.31 Å². The van der Waals surface area contributed by atoms with Gasteiger partial charge >= 0.3 is 0 Å². The highest BCUT2D eigenvalue weighted by Gasteiger charge is 2.35. The van der Waals surface area contributed by atoms with Gasteiger partial charge in [0.05, 0.1) is 11.2 Å². The number of hydrogen-bond acceptors (Lipinski definition) is 3. The van der Waals surface area contributed by atoms with Crippen LogP contribution in [0.25, 0.3) is 0 Å². The van der Waals surface area contributed by atoms with E-state index in [1.807, 2.05) is 0 Å². The van der Waals surface area contributed by atoms with Crippen LogP contribution in [-0.4, -0.2) is 36.8 Å². The van der Waals surface area contributed by atoms with E-state index in [4.69, 9.17) is 11.6 Å². The van der Waals surface area contributed by atoms with Crippen LogP contribution in [0.5, 0.6) is 0 Å². The summed E-state index contributed by atoms with van der Waals surface area (Å²) in [5, 5.41) is -0.601. The lowest BCUT2D eigenvalue weighted by molar-refractivity contribution is -0.118. The summed E-state index contributed by atoms with van der Waals surface area (Å²) in [5.41, 5.74) is -1.02. The Bertz CT molecular complexity index is 370. The summed E-state index contributed by atoms with van der Waals surface area (Å²) >= 11 is 5.42. The van der Waals surface area contributed by atoms with Gasteiger partial charge in [0.25, 0.3) is 0 Å². The van der Waals surface area contributed by atoms with Crippen molar-refractivity contribution in [2.75, 3.05) is 18.8 Å². The standard InChI is InChI=1S/C11H20ClNO3S/c1-11(2,10(12)14)9-17(15,16)13-7-5-3-4-6-8-13/h3-9H2,1-2H3. The van der Waals surface area contributed by atoms with Crippen molar-refractivity contribution in [3.63, 3.8) is 0 Å². The van der Waals surface area contributed by atoms with Crippen molar-refractivity contribution in [2.24, 2.45) is 5.41 Å². The Morgan fingerprint density at radius 2 is 1.65 bits per heavy atom. The third-order valence-corrected chi connectivity index (χ3v) is 5.78. The van der Waals surface area contributed by atoms with Crippen molar-refractivity contribution < 1.29 is 13.2 Å². The second-order valence-corrected chi connectivity index (χ2v) is 7.54. The molecule has 0 atom stereocenters. The minimum atomic E-state index is -3.38. The molecule has 1 saturated heterocycles. The van der Waals surface area contributed by atoms with Crippen molar-refractivity contribution in [2.45, 2.75) is 39.5 Å².